The van der Waals surface area contributed by atoms with Crippen molar-refractivity contribution in [2.24, 2.45) is 0 Å². The largest absolute Gasteiger partial charge is 0.464 e. The molecule has 1 N–H and O–H groups in total. The molecule has 0 radical (unpaired) electrons. The zero-order valence-corrected chi connectivity index (χ0v) is 9.86. The van der Waals surface area contributed by atoms with Crippen molar-refractivity contribution in [1.82, 2.24) is 4.72 Å². The Morgan fingerprint density at radius 2 is 2.27 bits per heavy atom. The molecule has 1 aromatic rings. The molecule has 0 amide bonds. The Balaban J connectivity index is 2.30. The maximum absolute atomic E-state index is 11.8. The first-order valence-electron chi connectivity index (χ1n) is 4.70. The van der Waals surface area contributed by atoms with E-state index in [1.54, 1.807) is 6.92 Å². The second-order valence-electron chi connectivity index (χ2n) is 3.66. The van der Waals surface area contributed by atoms with Gasteiger partial charge in [0.15, 0.2) is 0 Å². The van der Waals surface area contributed by atoms with Crippen LogP contribution in [0, 0.1) is 6.92 Å². The van der Waals surface area contributed by atoms with Crippen molar-refractivity contribution in [3.8, 4) is 0 Å². The quantitative estimate of drug-likeness (QED) is 0.828. The van der Waals surface area contributed by atoms with Crippen molar-refractivity contribution in [3.05, 3.63) is 17.6 Å². The average Bonchev–Trinajstić information content (AvgIpc) is 2.85. The topological polar surface area (TPSA) is 59.3 Å². The fraction of sp³-hybridized carbons (Fsp3) is 0.556. The van der Waals surface area contributed by atoms with Crippen LogP contribution in [0.5, 0.6) is 0 Å². The highest BCUT2D eigenvalue weighted by Gasteiger charge is 2.30. The molecule has 1 aromatic heterocycles. The number of halogens is 1. The first kappa shape index (κ1) is 11.0. The second kappa shape index (κ2) is 3.81. The van der Waals surface area contributed by atoms with E-state index in [1.165, 1.54) is 6.07 Å². The molecule has 1 saturated carbocycles. The van der Waals surface area contributed by atoms with Gasteiger partial charge in [-0.2, -0.15) is 0 Å². The van der Waals surface area contributed by atoms with Crippen molar-refractivity contribution >= 4 is 21.6 Å². The summed E-state index contributed by atoms with van der Waals surface area (Å²) in [4.78, 5) is 0.199. The summed E-state index contributed by atoms with van der Waals surface area (Å²) in [6.45, 7) is 1.62. The number of rotatable bonds is 4. The highest BCUT2D eigenvalue weighted by Crippen LogP contribution is 2.25. The maximum atomic E-state index is 11.8. The number of aryl methyl sites for hydroxylation is 1. The van der Waals surface area contributed by atoms with Crippen molar-refractivity contribution in [1.29, 1.82) is 0 Å². The van der Waals surface area contributed by atoms with Gasteiger partial charge in [0.05, 0.1) is 5.88 Å². The molecular weight excluding hydrogens is 238 g/mol. The lowest BCUT2D eigenvalue weighted by Gasteiger charge is -2.02. The van der Waals surface area contributed by atoms with Crippen LogP contribution in [0.2, 0.25) is 0 Å². The van der Waals surface area contributed by atoms with Crippen LogP contribution in [0.4, 0.5) is 0 Å². The Bertz CT molecular complexity index is 462. The highest BCUT2D eigenvalue weighted by molar-refractivity contribution is 7.89. The molecule has 4 nitrogen and oxygen atoms in total. The summed E-state index contributed by atoms with van der Waals surface area (Å²) >= 11 is 5.57. The monoisotopic (exact) mass is 249 g/mol. The van der Waals surface area contributed by atoms with Gasteiger partial charge in [0.2, 0.25) is 10.0 Å². The molecule has 0 saturated heterocycles. The normalized spacial score (nSPS) is 16.9. The summed E-state index contributed by atoms with van der Waals surface area (Å²) in [5.41, 5.74) is 0. The Morgan fingerprint density at radius 1 is 1.60 bits per heavy atom. The van der Waals surface area contributed by atoms with E-state index in [1.807, 2.05) is 0 Å². The van der Waals surface area contributed by atoms with Gasteiger partial charge in [0, 0.05) is 12.1 Å². The summed E-state index contributed by atoms with van der Waals surface area (Å²) in [5.74, 6) is 1.05. The van der Waals surface area contributed by atoms with E-state index in [0.29, 0.717) is 11.5 Å². The number of nitrogens with one attached hydrogen (secondary N) is 1. The molecule has 15 heavy (non-hydrogen) atoms. The third-order valence-electron chi connectivity index (χ3n) is 2.24. The number of alkyl halides is 1. The van der Waals surface area contributed by atoms with E-state index >= 15 is 0 Å². The van der Waals surface area contributed by atoms with Crippen LogP contribution in [0.1, 0.15) is 24.4 Å². The molecule has 0 bridgehead atoms. The smallest absolute Gasteiger partial charge is 0.244 e. The first-order chi connectivity index (χ1) is 7.03. The van der Waals surface area contributed by atoms with Crippen molar-refractivity contribution in [2.45, 2.75) is 36.6 Å². The zero-order valence-electron chi connectivity index (χ0n) is 8.29. The van der Waals surface area contributed by atoms with E-state index in [-0.39, 0.29) is 16.8 Å². The van der Waals surface area contributed by atoms with Crippen LogP contribution in [0.3, 0.4) is 0 Å². The lowest BCUT2D eigenvalue weighted by molar-refractivity contribution is 0.491. The van der Waals surface area contributed by atoms with Crippen LogP contribution in [-0.2, 0) is 15.9 Å². The average molecular weight is 250 g/mol. The van der Waals surface area contributed by atoms with E-state index in [9.17, 15) is 8.42 Å². The highest BCUT2D eigenvalue weighted by atomic mass is 35.5. The van der Waals surface area contributed by atoms with E-state index in [0.717, 1.165) is 12.8 Å². The van der Waals surface area contributed by atoms with Crippen LogP contribution in [0.15, 0.2) is 15.4 Å². The first-order valence-corrected chi connectivity index (χ1v) is 6.72. The number of hydrogen-bond acceptors (Lipinski definition) is 3. The molecule has 1 aliphatic carbocycles. The Labute approximate surface area is 93.7 Å². The molecule has 0 atom stereocenters. The molecule has 0 aliphatic heterocycles. The molecule has 84 valence electrons. The fourth-order valence-corrected chi connectivity index (χ4v) is 2.98. The minimum atomic E-state index is -3.42. The van der Waals surface area contributed by atoms with Gasteiger partial charge in [-0.15, -0.1) is 11.6 Å². The van der Waals surface area contributed by atoms with Crippen molar-refractivity contribution in [2.75, 3.05) is 0 Å². The third kappa shape index (κ3) is 2.35. The predicted octanol–water partition coefficient (Wildman–Crippen LogP) is 1.77. The van der Waals surface area contributed by atoms with Crippen LogP contribution < -0.4 is 4.72 Å². The van der Waals surface area contributed by atoms with Crippen molar-refractivity contribution in [3.63, 3.8) is 0 Å². The summed E-state index contributed by atoms with van der Waals surface area (Å²) in [5, 5.41) is 0. The molecular formula is C9H12ClNO3S. The SMILES string of the molecule is Cc1oc(CCl)cc1S(=O)(=O)NC1CC1. The summed E-state index contributed by atoms with van der Waals surface area (Å²) in [6.07, 6.45) is 1.83. The lowest BCUT2D eigenvalue weighted by atomic mass is 10.4. The Morgan fingerprint density at radius 3 is 2.73 bits per heavy atom. The predicted molar refractivity (Wildman–Crippen MR) is 56.3 cm³/mol. The van der Waals surface area contributed by atoms with Gasteiger partial charge in [-0.05, 0) is 19.8 Å². The Hall–Kier alpha value is -0.520. The van der Waals surface area contributed by atoms with E-state index < -0.39 is 10.0 Å². The third-order valence-corrected chi connectivity index (χ3v) is 4.14. The molecule has 1 aliphatic rings. The molecule has 0 unspecified atom stereocenters. The van der Waals surface area contributed by atoms with Crippen LogP contribution in [-0.4, -0.2) is 14.5 Å². The number of hydrogen-bond donors (Lipinski definition) is 1. The van der Waals surface area contributed by atoms with Gasteiger partial charge in [0.1, 0.15) is 16.4 Å². The summed E-state index contributed by atoms with van der Waals surface area (Å²) in [7, 11) is -3.42. The standard InChI is InChI=1S/C9H12ClNO3S/c1-6-9(4-8(5-10)14-6)15(12,13)11-7-2-3-7/h4,7,11H,2-3,5H2,1H3. The molecule has 0 spiro atoms. The minimum absolute atomic E-state index is 0.101. The summed E-state index contributed by atoms with van der Waals surface area (Å²) < 4.78 is 31.4. The van der Waals surface area contributed by atoms with Gasteiger partial charge in [-0.1, -0.05) is 0 Å². The van der Waals surface area contributed by atoms with Gasteiger partial charge < -0.3 is 4.42 Å². The molecule has 6 heteroatoms. The molecule has 2 rings (SSSR count). The minimum Gasteiger partial charge on any atom is -0.464 e. The van der Waals surface area contributed by atoms with Gasteiger partial charge in [-0.25, -0.2) is 13.1 Å². The number of sulfonamides is 1. The van der Waals surface area contributed by atoms with Gasteiger partial charge in [0.25, 0.3) is 0 Å². The van der Waals surface area contributed by atoms with E-state index in [2.05, 4.69) is 4.72 Å². The molecule has 1 fully saturated rings. The van der Waals surface area contributed by atoms with Crippen LogP contribution in [0.25, 0.3) is 0 Å². The van der Waals surface area contributed by atoms with Crippen molar-refractivity contribution < 1.29 is 12.8 Å². The second-order valence-corrected chi connectivity index (χ2v) is 5.61. The van der Waals surface area contributed by atoms with E-state index in [4.69, 9.17) is 16.0 Å². The molecule has 0 aromatic carbocycles. The zero-order chi connectivity index (χ0) is 11.1. The maximum Gasteiger partial charge on any atom is 0.244 e. The Kier molecular flexibility index (Phi) is 2.79. The molecule has 1 heterocycles. The van der Waals surface area contributed by atoms with Crippen LogP contribution >= 0.6 is 11.6 Å². The van der Waals surface area contributed by atoms with Gasteiger partial charge >= 0.3 is 0 Å². The lowest BCUT2D eigenvalue weighted by Crippen LogP contribution is -2.25. The summed E-state index contributed by atoms with van der Waals surface area (Å²) in [6, 6.07) is 1.58. The van der Waals surface area contributed by atoms with Gasteiger partial charge in [-0.3, -0.25) is 0 Å². The number of furan rings is 1. The fourth-order valence-electron chi connectivity index (χ4n) is 1.34.